The van der Waals surface area contributed by atoms with Crippen LogP contribution in [0.5, 0.6) is 0 Å². The predicted octanol–water partition coefficient (Wildman–Crippen LogP) is 8.41. The van der Waals surface area contributed by atoms with Crippen LogP contribution in [0.3, 0.4) is 0 Å². The van der Waals surface area contributed by atoms with Gasteiger partial charge in [0.1, 0.15) is 0 Å². The molecule has 0 aromatic heterocycles. The number of nitro benzene ring substituents is 2. The van der Waals surface area contributed by atoms with Gasteiger partial charge in [-0.1, -0.05) is 88.0 Å². The monoisotopic (exact) mass is 1030 g/mol. The summed E-state index contributed by atoms with van der Waals surface area (Å²) >= 11 is 19.0. The zero-order chi connectivity index (χ0) is 41.8. The Balaban J connectivity index is 0.000000412. The van der Waals surface area contributed by atoms with E-state index in [-0.39, 0.29) is 35.4 Å². The van der Waals surface area contributed by atoms with Gasteiger partial charge in [-0.05, 0) is 102 Å². The van der Waals surface area contributed by atoms with Gasteiger partial charge in [0, 0.05) is 55.1 Å². The van der Waals surface area contributed by atoms with Gasteiger partial charge in [-0.2, -0.15) is 0 Å². The van der Waals surface area contributed by atoms with Crippen LogP contribution in [0.4, 0.5) is 11.4 Å². The standard InChI is InChI=1S/C17H16Br2N2O3.C9H7Br2ClO.C8H10N2O2.C2H2O4/c1-11-15(18)8-13(9-16(11)19)10-17(22)20-6-5-12-3-2-4-14(7-12)21(23)24;1-5-7(10)2-6(3-8(5)11)4-9(12)13;9-5-4-7-2-1-3-8(6-7)10(11)12;3-1(4)2(5)6/h2-4,7-9H,5-6,10H2,1H3,(H,20,22);2-3H,4H2,1H3;1-3,6H,4-5,9H2;(H,3,4)(H,5,6). The van der Waals surface area contributed by atoms with E-state index < -0.39 is 21.8 Å². The third-order valence-electron chi connectivity index (χ3n) is 6.98. The van der Waals surface area contributed by atoms with Gasteiger partial charge in [-0.15, -0.1) is 0 Å². The number of hydrogen-bond donors (Lipinski definition) is 4. The Bertz CT molecular complexity index is 1960. The summed E-state index contributed by atoms with van der Waals surface area (Å²) in [6, 6.07) is 20.6. The average molecular weight is 1040 g/mol. The number of carbonyl (C=O) groups excluding carboxylic acids is 2. The molecule has 14 nitrogen and oxygen atoms in total. The van der Waals surface area contributed by atoms with Crippen molar-refractivity contribution in [3.8, 4) is 0 Å². The van der Waals surface area contributed by atoms with Crippen molar-refractivity contribution in [2.24, 2.45) is 5.73 Å². The van der Waals surface area contributed by atoms with Crippen LogP contribution in [-0.4, -0.2) is 56.2 Å². The molecule has 0 heterocycles. The molecule has 4 rings (SSSR count). The lowest BCUT2D eigenvalue weighted by atomic mass is 10.1. The van der Waals surface area contributed by atoms with Gasteiger partial charge >= 0.3 is 11.9 Å². The van der Waals surface area contributed by atoms with Crippen LogP contribution in [0.25, 0.3) is 0 Å². The summed E-state index contributed by atoms with van der Waals surface area (Å²) < 4.78 is 3.87. The Kier molecular flexibility index (Phi) is 22.4. The number of nitrogens with zero attached hydrogens (tertiary/aromatic N) is 2. The van der Waals surface area contributed by atoms with Crippen molar-refractivity contribution >= 4 is 110 Å². The van der Waals surface area contributed by atoms with Gasteiger partial charge in [-0.3, -0.25) is 29.8 Å². The third kappa shape index (κ3) is 19.4. The maximum atomic E-state index is 12.0. The third-order valence-corrected chi connectivity index (χ3v) is 10.4. The van der Waals surface area contributed by atoms with Gasteiger partial charge in [0.2, 0.25) is 11.1 Å². The molecule has 0 radical (unpaired) electrons. The minimum absolute atomic E-state index is 0.0631. The first kappa shape index (κ1) is 48.9. The Labute approximate surface area is 354 Å². The normalized spacial score (nSPS) is 9.89. The van der Waals surface area contributed by atoms with E-state index in [0.717, 1.165) is 51.3 Å². The number of carbonyl (C=O) groups is 4. The highest BCUT2D eigenvalue weighted by Crippen LogP contribution is 2.27. The number of nitro groups is 2. The maximum absolute atomic E-state index is 12.0. The molecule has 0 aliphatic carbocycles. The molecule has 0 fully saturated rings. The highest BCUT2D eigenvalue weighted by Gasteiger charge is 2.10. The molecule has 0 aliphatic rings. The summed E-state index contributed by atoms with van der Waals surface area (Å²) in [5.74, 6) is -3.73. The number of amides is 1. The minimum atomic E-state index is -1.82. The molecular formula is C36H35Br4ClN4O10. The Morgan fingerprint density at radius 3 is 1.40 bits per heavy atom. The molecule has 0 aliphatic heterocycles. The second-order valence-electron chi connectivity index (χ2n) is 11.2. The number of hydrogen-bond acceptors (Lipinski definition) is 9. The fourth-order valence-corrected chi connectivity index (χ4v) is 6.89. The number of nitrogens with two attached hydrogens (primary N) is 1. The lowest BCUT2D eigenvalue weighted by Crippen LogP contribution is -2.27. The summed E-state index contributed by atoms with van der Waals surface area (Å²) in [6.45, 7) is 4.92. The number of nitrogens with one attached hydrogen (secondary N) is 1. The van der Waals surface area contributed by atoms with E-state index in [1.165, 1.54) is 18.2 Å². The van der Waals surface area contributed by atoms with Crippen molar-refractivity contribution < 1.29 is 39.2 Å². The first-order valence-electron chi connectivity index (χ1n) is 15.7. The molecule has 0 saturated carbocycles. The molecule has 19 heteroatoms. The minimum Gasteiger partial charge on any atom is -0.473 e. The van der Waals surface area contributed by atoms with Crippen LogP contribution in [-0.2, 0) is 44.9 Å². The molecule has 0 bridgehead atoms. The Morgan fingerprint density at radius 2 is 1.05 bits per heavy atom. The predicted molar refractivity (Wildman–Crippen MR) is 222 cm³/mol. The van der Waals surface area contributed by atoms with E-state index in [2.05, 4.69) is 69.0 Å². The molecule has 294 valence electrons. The van der Waals surface area contributed by atoms with Crippen molar-refractivity contribution in [2.75, 3.05) is 13.1 Å². The van der Waals surface area contributed by atoms with Crippen LogP contribution >= 0.6 is 75.3 Å². The van der Waals surface area contributed by atoms with E-state index in [1.807, 2.05) is 50.2 Å². The summed E-state index contributed by atoms with van der Waals surface area (Å²) in [7, 11) is 0. The quantitative estimate of drug-likeness (QED) is 0.0482. The zero-order valence-electron chi connectivity index (χ0n) is 29.2. The molecule has 0 saturated heterocycles. The van der Waals surface area contributed by atoms with Crippen LogP contribution in [0.2, 0.25) is 0 Å². The number of benzene rings is 4. The largest absolute Gasteiger partial charge is 0.473 e. The molecule has 0 spiro atoms. The first-order valence-corrected chi connectivity index (χ1v) is 19.3. The van der Waals surface area contributed by atoms with Gasteiger partial charge in [-0.25, -0.2) is 9.59 Å². The highest BCUT2D eigenvalue weighted by atomic mass is 79.9. The van der Waals surface area contributed by atoms with E-state index in [4.69, 9.17) is 37.1 Å². The second kappa shape index (κ2) is 25.2. The Hall–Kier alpha value is -4.07. The molecule has 4 aromatic rings. The van der Waals surface area contributed by atoms with Crippen molar-refractivity contribution in [1.82, 2.24) is 5.32 Å². The van der Waals surface area contributed by atoms with Gasteiger partial charge in [0.15, 0.2) is 0 Å². The number of aliphatic carboxylic acids is 2. The Morgan fingerprint density at radius 1 is 0.673 bits per heavy atom. The molecule has 0 unspecified atom stereocenters. The summed E-state index contributed by atoms with van der Waals surface area (Å²) in [5.41, 5.74) is 11.3. The number of carboxylic acid groups (broad SMARTS) is 2. The van der Waals surface area contributed by atoms with E-state index >= 15 is 0 Å². The topological polar surface area (TPSA) is 233 Å². The fraction of sp³-hybridized carbons (Fsp3) is 0.222. The highest BCUT2D eigenvalue weighted by molar-refractivity contribution is 9.11. The lowest BCUT2D eigenvalue weighted by molar-refractivity contribution is -0.385. The van der Waals surface area contributed by atoms with E-state index in [1.54, 1.807) is 18.2 Å². The number of rotatable bonds is 11. The summed E-state index contributed by atoms with van der Waals surface area (Å²) in [6.07, 6.45) is 1.78. The van der Waals surface area contributed by atoms with Crippen LogP contribution in [0.1, 0.15) is 33.4 Å². The second-order valence-corrected chi connectivity index (χ2v) is 15.0. The molecule has 5 N–H and O–H groups in total. The van der Waals surface area contributed by atoms with Crippen molar-refractivity contribution in [1.29, 1.82) is 0 Å². The number of halogens is 5. The number of non-ortho nitro benzene ring substituents is 2. The lowest BCUT2D eigenvalue weighted by Gasteiger charge is -2.08. The molecule has 1 amide bonds. The van der Waals surface area contributed by atoms with Crippen LogP contribution < -0.4 is 11.1 Å². The van der Waals surface area contributed by atoms with Gasteiger partial charge < -0.3 is 21.3 Å². The summed E-state index contributed by atoms with van der Waals surface area (Å²) in [5, 5.41) is 38.4. The smallest absolute Gasteiger partial charge is 0.414 e. The van der Waals surface area contributed by atoms with Crippen LogP contribution in [0, 0.1) is 34.1 Å². The molecular weight excluding hydrogens is 1000 g/mol. The molecule has 0 atom stereocenters. The van der Waals surface area contributed by atoms with Crippen molar-refractivity contribution in [3.63, 3.8) is 0 Å². The van der Waals surface area contributed by atoms with Crippen molar-refractivity contribution in [2.45, 2.75) is 39.5 Å². The van der Waals surface area contributed by atoms with Gasteiger partial charge in [0.05, 0.1) is 16.3 Å². The maximum Gasteiger partial charge on any atom is 0.414 e. The molecule has 55 heavy (non-hydrogen) atoms. The number of carboxylic acids is 2. The first-order chi connectivity index (χ1) is 25.7. The zero-order valence-corrected chi connectivity index (χ0v) is 36.3. The average Bonchev–Trinajstić information content (AvgIpc) is 3.10. The van der Waals surface area contributed by atoms with E-state index in [9.17, 15) is 29.8 Å². The molecule has 4 aromatic carbocycles. The van der Waals surface area contributed by atoms with Crippen LogP contribution in [0.15, 0.2) is 90.7 Å². The fourth-order valence-electron chi connectivity index (χ4n) is 4.17. The van der Waals surface area contributed by atoms with Gasteiger partial charge in [0.25, 0.3) is 11.4 Å². The van der Waals surface area contributed by atoms with Crippen molar-refractivity contribution in [3.05, 3.63) is 144 Å². The summed E-state index contributed by atoms with van der Waals surface area (Å²) in [4.78, 5) is 61.1. The van der Waals surface area contributed by atoms with E-state index in [0.29, 0.717) is 25.9 Å². The SMILES string of the molecule is Cc1c(Br)cc(CC(=O)Cl)cc1Br.Cc1c(Br)cc(CC(=O)NCCc2cccc([N+](=O)[O-])c2)cc1Br.NCCc1cccc([N+](=O)[O-])c1.O=C(O)C(=O)O.